The zero-order valence-corrected chi connectivity index (χ0v) is 12.9. The molecule has 2 aromatic rings. The van der Waals surface area contributed by atoms with E-state index in [1.165, 1.54) is 6.07 Å². The average Bonchev–Trinajstić information content (AvgIpc) is 2.89. The molecule has 0 radical (unpaired) electrons. The number of likely N-dealkylation sites (tertiary alicyclic amines) is 1. The molecule has 1 aliphatic heterocycles. The van der Waals surface area contributed by atoms with E-state index < -0.39 is 0 Å². The van der Waals surface area contributed by atoms with Crippen molar-refractivity contribution < 1.29 is 9.13 Å². The molecule has 0 N–H and O–H groups in total. The molecular formula is C17H20FN3O. The van der Waals surface area contributed by atoms with Crippen LogP contribution in [-0.2, 0) is 6.54 Å². The topological polar surface area (TPSA) is 38.2 Å². The number of hydrogen-bond acceptors (Lipinski definition) is 4. The van der Waals surface area contributed by atoms with Gasteiger partial charge in [0.15, 0.2) is 0 Å². The summed E-state index contributed by atoms with van der Waals surface area (Å²) in [5, 5.41) is 8.20. The van der Waals surface area contributed by atoms with Gasteiger partial charge in [0.25, 0.3) is 0 Å². The molecule has 1 aliphatic rings. The smallest absolute Gasteiger partial charge is 0.233 e. The second-order valence-corrected chi connectivity index (χ2v) is 5.80. The van der Waals surface area contributed by atoms with Gasteiger partial charge in [-0.25, -0.2) is 4.39 Å². The zero-order chi connectivity index (χ0) is 15.5. The van der Waals surface area contributed by atoms with Gasteiger partial charge in [-0.15, -0.1) is 5.10 Å². The summed E-state index contributed by atoms with van der Waals surface area (Å²) in [4.78, 5) is 2.34. The van der Waals surface area contributed by atoms with Crippen LogP contribution in [0.1, 0.15) is 30.6 Å². The van der Waals surface area contributed by atoms with Gasteiger partial charge in [0.1, 0.15) is 5.82 Å². The quantitative estimate of drug-likeness (QED) is 0.869. The van der Waals surface area contributed by atoms with E-state index in [1.807, 2.05) is 18.2 Å². The summed E-state index contributed by atoms with van der Waals surface area (Å²) < 4.78 is 18.6. The highest BCUT2D eigenvalue weighted by Crippen LogP contribution is 2.37. The highest BCUT2D eigenvalue weighted by Gasteiger charge is 2.32. The maximum absolute atomic E-state index is 13.5. The summed E-state index contributed by atoms with van der Waals surface area (Å²) in [5.74, 6) is 0.828. The lowest BCUT2D eigenvalue weighted by Crippen LogP contribution is -2.25. The van der Waals surface area contributed by atoms with Gasteiger partial charge >= 0.3 is 0 Å². The van der Waals surface area contributed by atoms with Crippen LogP contribution in [-0.4, -0.2) is 28.8 Å². The van der Waals surface area contributed by atoms with Gasteiger partial charge < -0.3 is 4.74 Å². The molecule has 0 unspecified atom stereocenters. The van der Waals surface area contributed by atoms with Crippen molar-refractivity contribution in [2.24, 2.45) is 5.92 Å². The predicted octanol–water partition coefficient (Wildman–Crippen LogP) is 3.21. The number of benzene rings is 1. The third-order valence-electron chi connectivity index (χ3n) is 4.26. The Bertz CT molecular complexity index is 632. The minimum atomic E-state index is -0.180. The second-order valence-electron chi connectivity index (χ2n) is 5.80. The van der Waals surface area contributed by atoms with Crippen molar-refractivity contribution in [1.82, 2.24) is 15.1 Å². The first-order chi connectivity index (χ1) is 10.7. The summed E-state index contributed by atoms with van der Waals surface area (Å²) in [5.41, 5.74) is 1.93. The molecule has 0 saturated carbocycles. The summed E-state index contributed by atoms with van der Waals surface area (Å²) in [6.45, 7) is 3.91. The van der Waals surface area contributed by atoms with E-state index >= 15 is 0 Å². The van der Waals surface area contributed by atoms with Crippen LogP contribution >= 0.6 is 0 Å². The monoisotopic (exact) mass is 301 g/mol. The average molecular weight is 301 g/mol. The maximum Gasteiger partial charge on any atom is 0.233 e. The van der Waals surface area contributed by atoms with Gasteiger partial charge in [-0.2, -0.15) is 5.10 Å². The highest BCUT2D eigenvalue weighted by molar-refractivity contribution is 5.22. The Hall–Kier alpha value is -2.01. The van der Waals surface area contributed by atoms with Gasteiger partial charge in [0.05, 0.1) is 12.8 Å². The number of ether oxygens (including phenoxy) is 1. The van der Waals surface area contributed by atoms with Crippen LogP contribution in [0, 0.1) is 11.7 Å². The van der Waals surface area contributed by atoms with E-state index in [-0.39, 0.29) is 11.9 Å². The lowest BCUT2D eigenvalue weighted by molar-refractivity contribution is 0.221. The molecule has 3 rings (SSSR count). The first-order valence-electron chi connectivity index (χ1n) is 7.53. The van der Waals surface area contributed by atoms with Gasteiger partial charge in [-0.1, -0.05) is 19.1 Å². The highest BCUT2D eigenvalue weighted by atomic mass is 19.1. The van der Waals surface area contributed by atoms with Crippen LogP contribution < -0.4 is 4.74 Å². The number of nitrogens with zero attached hydrogens (tertiary/aromatic N) is 3. The van der Waals surface area contributed by atoms with Crippen LogP contribution in [0.15, 0.2) is 36.4 Å². The van der Waals surface area contributed by atoms with Crippen molar-refractivity contribution in [1.29, 1.82) is 0 Å². The number of hydrogen-bond donors (Lipinski definition) is 0. The number of methoxy groups -OCH3 is 1. The Labute approximate surface area is 129 Å². The van der Waals surface area contributed by atoms with E-state index in [0.29, 0.717) is 18.3 Å². The first kappa shape index (κ1) is 14.9. The van der Waals surface area contributed by atoms with Gasteiger partial charge in [-0.05, 0) is 42.6 Å². The van der Waals surface area contributed by atoms with E-state index in [4.69, 9.17) is 4.74 Å². The summed E-state index contributed by atoms with van der Waals surface area (Å²) in [6, 6.07) is 10.9. The zero-order valence-electron chi connectivity index (χ0n) is 12.9. The third-order valence-corrected chi connectivity index (χ3v) is 4.26. The fraction of sp³-hybridized carbons (Fsp3) is 0.412. The molecule has 1 fully saturated rings. The summed E-state index contributed by atoms with van der Waals surface area (Å²) in [6.07, 6.45) is 1.10. The van der Waals surface area contributed by atoms with Crippen LogP contribution in [0.5, 0.6) is 5.88 Å². The number of halogens is 1. The van der Waals surface area contributed by atoms with E-state index in [9.17, 15) is 4.39 Å². The molecule has 5 heteroatoms. The van der Waals surface area contributed by atoms with Crippen molar-refractivity contribution in [3.8, 4) is 5.88 Å². The molecule has 1 aromatic heterocycles. The fourth-order valence-electron chi connectivity index (χ4n) is 3.18. The molecule has 116 valence electrons. The lowest BCUT2D eigenvalue weighted by atomic mass is 9.95. The Morgan fingerprint density at radius 2 is 2.14 bits per heavy atom. The second kappa shape index (κ2) is 6.40. The van der Waals surface area contributed by atoms with Crippen molar-refractivity contribution in [2.45, 2.75) is 25.9 Å². The van der Waals surface area contributed by atoms with E-state index in [0.717, 1.165) is 24.2 Å². The largest absolute Gasteiger partial charge is 0.480 e. The molecule has 0 amide bonds. The Morgan fingerprint density at radius 1 is 1.27 bits per heavy atom. The molecule has 22 heavy (non-hydrogen) atoms. The normalized spacial score (nSPS) is 22.0. The molecule has 0 aliphatic carbocycles. The van der Waals surface area contributed by atoms with Crippen LogP contribution in [0.2, 0.25) is 0 Å². The van der Waals surface area contributed by atoms with Crippen LogP contribution in [0.3, 0.4) is 0 Å². The maximum atomic E-state index is 13.5. The molecule has 4 nitrogen and oxygen atoms in total. The Kier molecular flexibility index (Phi) is 4.34. The van der Waals surface area contributed by atoms with Crippen molar-refractivity contribution in [3.05, 3.63) is 53.5 Å². The molecule has 1 aromatic carbocycles. The van der Waals surface area contributed by atoms with E-state index in [1.54, 1.807) is 19.2 Å². The lowest BCUT2D eigenvalue weighted by Gasteiger charge is -2.27. The molecule has 2 atom stereocenters. The standard InChI is InChI=1S/C17H20FN3O/c1-12-8-9-21(11-15-6-7-16(22-2)20-19-15)17(12)13-4-3-5-14(18)10-13/h3-7,10,12,17H,8-9,11H2,1-2H3/t12-,17+/m1/s1. The molecule has 0 bridgehead atoms. The SMILES string of the molecule is COc1ccc(CN2CC[C@@H](C)[C@H]2c2cccc(F)c2)nn1. The minimum Gasteiger partial charge on any atom is -0.480 e. The van der Waals surface area contributed by atoms with Crippen molar-refractivity contribution >= 4 is 0 Å². The molecular weight excluding hydrogens is 281 g/mol. The third kappa shape index (κ3) is 3.09. The van der Waals surface area contributed by atoms with Gasteiger partial charge in [0, 0.05) is 18.7 Å². The summed E-state index contributed by atoms with van der Waals surface area (Å²) in [7, 11) is 1.58. The Morgan fingerprint density at radius 3 is 2.82 bits per heavy atom. The summed E-state index contributed by atoms with van der Waals surface area (Å²) >= 11 is 0. The molecule has 2 heterocycles. The van der Waals surface area contributed by atoms with E-state index in [2.05, 4.69) is 22.0 Å². The van der Waals surface area contributed by atoms with Gasteiger partial charge in [-0.3, -0.25) is 4.90 Å². The Balaban J connectivity index is 1.79. The number of aromatic nitrogens is 2. The predicted molar refractivity (Wildman–Crippen MR) is 81.9 cm³/mol. The number of rotatable bonds is 4. The molecule has 1 saturated heterocycles. The first-order valence-corrected chi connectivity index (χ1v) is 7.53. The fourth-order valence-corrected chi connectivity index (χ4v) is 3.18. The van der Waals surface area contributed by atoms with Crippen LogP contribution in [0.4, 0.5) is 4.39 Å². The van der Waals surface area contributed by atoms with Crippen molar-refractivity contribution in [2.75, 3.05) is 13.7 Å². The molecule has 0 spiro atoms. The minimum absolute atomic E-state index is 0.180. The van der Waals surface area contributed by atoms with Crippen molar-refractivity contribution in [3.63, 3.8) is 0 Å². The van der Waals surface area contributed by atoms with Crippen LogP contribution in [0.25, 0.3) is 0 Å². The van der Waals surface area contributed by atoms with Gasteiger partial charge in [0.2, 0.25) is 5.88 Å².